The minimum atomic E-state index is -1.67. The second-order valence-electron chi connectivity index (χ2n) is 6.96. The summed E-state index contributed by atoms with van der Waals surface area (Å²) in [6.07, 6.45) is -6.67. The summed E-state index contributed by atoms with van der Waals surface area (Å²) in [6.45, 7) is -1.45. The minimum absolute atomic E-state index is 0.235. The van der Waals surface area contributed by atoms with Gasteiger partial charge in [-0.2, -0.15) is 0 Å². The number of benzene rings is 1. The Kier molecular flexibility index (Phi) is 14.8. The molecule has 10 N–H and O–H groups in total. The monoisotopic (exact) mass is 476 g/mol. The van der Waals surface area contributed by atoms with E-state index in [4.69, 9.17) is 41.5 Å². The van der Waals surface area contributed by atoms with E-state index < -0.39 is 74.0 Å². The zero-order valence-electron chi connectivity index (χ0n) is 18.0. The van der Waals surface area contributed by atoms with Gasteiger partial charge in [0.2, 0.25) is 5.91 Å². The predicted molar refractivity (Wildman–Crippen MR) is 113 cm³/mol. The number of nitrogens with one attached hydrogen (secondary N) is 1. The predicted octanol–water partition coefficient (Wildman–Crippen LogP) is -3.90. The molecule has 0 saturated heterocycles. The molecule has 0 bridgehead atoms. The van der Waals surface area contributed by atoms with Gasteiger partial charge < -0.3 is 51.5 Å². The average Bonchev–Trinajstić information content (AvgIpc) is 2.81. The molecule has 1 amide bonds. The number of rotatable bonds is 12. The maximum absolute atomic E-state index is 11.8. The molecule has 0 unspecified atom stereocenters. The van der Waals surface area contributed by atoms with E-state index in [-0.39, 0.29) is 6.42 Å². The number of amides is 1. The number of methoxy groups -OCH3 is 1. The van der Waals surface area contributed by atoms with E-state index in [1.54, 1.807) is 12.1 Å². The molecule has 0 aromatic heterocycles. The lowest BCUT2D eigenvalue weighted by molar-refractivity contribution is -0.145. The lowest BCUT2D eigenvalue weighted by Crippen LogP contribution is -2.50. The zero-order chi connectivity index (χ0) is 25.6. The summed E-state index contributed by atoms with van der Waals surface area (Å²) in [6, 6.07) is 6.93. The lowest BCUT2D eigenvalue weighted by atomic mass is 10.0. The minimum Gasteiger partial charge on any atom is -0.481 e. The Morgan fingerprint density at radius 2 is 1.45 bits per heavy atom. The number of esters is 1. The van der Waals surface area contributed by atoms with E-state index in [0.717, 1.165) is 5.56 Å². The van der Waals surface area contributed by atoms with Gasteiger partial charge in [-0.05, 0) is 5.56 Å². The van der Waals surface area contributed by atoms with Gasteiger partial charge in [0.1, 0.15) is 30.5 Å². The molecule has 13 heteroatoms. The van der Waals surface area contributed by atoms with Gasteiger partial charge in [-0.3, -0.25) is 9.59 Å². The number of aliphatic hydroxyl groups excluding tert-OH is 6. The van der Waals surface area contributed by atoms with Gasteiger partial charge in [-0.1, -0.05) is 30.3 Å². The lowest BCUT2D eigenvalue weighted by Gasteiger charge is -2.24. The van der Waals surface area contributed by atoms with E-state index in [0.29, 0.717) is 0 Å². The SMILES string of the molecule is COC(=O)[C@H](Cc1ccccc1)NC(=O)[C@@H](N)CC(=O)O.OC[C@@H](O)[C@@H](O)[C@H](O)[C@@H](O)CO. The number of carbonyl (C=O) groups excluding carboxylic acids is 2. The molecule has 188 valence electrons. The zero-order valence-corrected chi connectivity index (χ0v) is 18.0. The fraction of sp³-hybridized carbons (Fsp3) is 0.550. The first-order valence-electron chi connectivity index (χ1n) is 9.81. The number of carbonyl (C=O) groups is 3. The van der Waals surface area contributed by atoms with Crippen LogP contribution in [0.1, 0.15) is 12.0 Å². The van der Waals surface area contributed by atoms with Crippen molar-refractivity contribution in [2.75, 3.05) is 20.3 Å². The Labute approximate surface area is 190 Å². The number of aliphatic carboxylic acids is 1. The molecule has 0 radical (unpaired) electrons. The van der Waals surface area contributed by atoms with E-state index in [1.165, 1.54) is 7.11 Å². The molecular weight excluding hydrogens is 444 g/mol. The number of ether oxygens (including phenoxy) is 1. The summed E-state index contributed by atoms with van der Waals surface area (Å²) in [7, 11) is 1.21. The van der Waals surface area contributed by atoms with Crippen LogP contribution in [0.5, 0.6) is 0 Å². The highest BCUT2D eigenvalue weighted by atomic mass is 16.5. The van der Waals surface area contributed by atoms with E-state index >= 15 is 0 Å². The maximum Gasteiger partial charge on any atom is 0.328 e. The van der Waals surface area contributed by atoms with Gasteiger partial charge in [0.25, 0.3) is 0 Å². The molecule has 0 aliphatic heterocycles. The van der Waals surface area contributed by atoms with Gasteiger partial charge >= 0.3 is 11.9 Å². The van der Waals surface area contributed by atoms with E-state index in [1.807, 2.05) is 18.2 Å². The number of hydrogen-bond donors (Lipinski definition) is 9. The van der Waals surface area contributed by atoms with Gasteiger partial charge in [-0.15, -0.1) is 0 Å². The highest BCUT2D eigenvalue weighted by Gasteiger charge is 2.29. The van der Waals surface area contributed by atoms with Gasteiger partial charge in [0.05, 0.1) is 32.8 Å². The molecule has 33 heavy (non-hydrogen) atoms. The molecular formula is C20H32N2O11. The van der Waals surface area contributed by atoms with Crippen molar-refractivity contribution in [2.24, 2.45) is 5.73 Å². The van der Waals surface area contributed by atoms with Crippen LogP contribution in [0.25, 0.3) is 0 Å². The van der Waals surface area contributed by atoms with Crippen LogP contribution in [0.2, 0.25) is 0 Å². The molecule has 1 aromatic carbocycles. The normalized spacial score (nSPS) is 16.1. The first kappa shape index (κ1) is 30.3. The molecule has 0 spiro atoms. The van der Waals surface area contributed by atoms with Crippen LogP contribution in [0.4, 0.5) is 0 Å². The quantitative estimate of drug-likeness (QED) is 0.132. The van der Waals surface area contributed by atoms with Crippen molar-refractivity contribution in [1.82, 2.24) is 5.32 Å². The molecule has 0 saturated carbocycles. The number of nitrogens with two attached hydrogens (primary N) is 1. The Morgan fingerprint density at radius 1 is 0.970 bits per heavy atom. The summed E-state index contributed by atoms with van der Waals surface area (Å²) in [4.78, 5) is 34.0. The van der Waals surface area contributed by atoms with Crippen molar-refractivity contribution in [2.45, 2.75) is 49.3 Å². The Bertz CT molecular complexity index is 705. The molecule has 13 nitrogen and oxygen atoms in total. The second-order valence-corrected chi connectivity index (χ2v) is 6.96. The van der Waals surface area contributed by atoms with Crippen molar-refractivity contribution >= 4 is 17.8 Å². The molecule has 0 aliphatic carbocycles. The average molecular weight is 476 g/mol. The highest BCUT2D eigenvalue weighted by molar-refractivity contribution is 5.89. The third-order valence-corrected chi connectivity index (χ3v) is 4.33. The van der Waals surface area contributed by atoms with Crippen molar-refractivity contribution < 1.29 is 54.9 Å². The van der Waals surface area contributed by atoms with Gasteiger partial charge in [-0.25, -0.2) is 4.79 Å². The van der Waals surface area contributed by atoms with Crippen LogP contribution in [-0.4, -0.2) is 110 Å². The van der Waals surface area contributed by atoms with Crippen molar-refractivity contribution in [3.63, 3.8) is 0 Å². The highest BCUT2D eigenvalue weighted by Crippen LogP contribution is 2.06. The van der Waals surface area contributed by atoms with Crippen LogP contribution in [0.3, 0.4) is 0 Å². The second kappa shape index (κ2) is 16.0. The summed E-state index contributed by atoms with van der Waals surface area (Å²) in [5, 5.41) is 63.2. The third-order valence-electron chi connectivity index (χ3n) is 4.33. The fourth-order valence-electron chi connectivity index (χ4n) is 2.42. The molecule has 6 atom stereocenters. The molecule has 1 aromatic rings. The van der Waals surface area contributed by atoms with Crippen LogP contribution in [0.15, 0.2) is 30.3 Å². The summed E-state index contributed by atoms with van der Waals surface area (Å²) in [5.74, 6) is -2.51. The van der Waals surface area contributed by atoms with Gasteiger partial charge in [0, 0.05) is 6.42 Å². The van der Waals surface area contributed by atoms with E-state index in [9.17, 15) is 14.4 Å². The summed E-state index contributed by atoms with van der Waals surface area (Å²) < 4.78 is 4.64. The molecule has 0 heterocycles. The topological polar surface area (TPSA) is 240 Å². The first-order chi connectivity index (χ1) is 15.5. The first-order valence-corrected chi connectivity index (χ1v) is 9.81. The standard InChI is InChI=1S/C14H18N2O5.C6H14O6/c1-21-14(20)11(7-9-5-3-2-4-6-9)16-13(19)10(15)8-12(17)18;7-1-3(9)5(11)6(12)4(10)2-8/h2-6,10-11H,7-8,15H2,1H3,(H,16,19)(H,17,18);3-12H,1-2H2/t10-,11-;3-,4+,5-,6-/m01/s1. The van der Waals surface area contributed by atoms with Crippen LogP contribution in [0, 0.1) is 0 Å². The summed E-state index contributed by atoms with van der Waals surface area (Å²) in [5.41, 5.74) is 6.29. The molecule has 0 aliphatic rings. The Hall–Kier alpha value is -2.65. The number of carboxylic acids is 1. The number of aliphatic hydroxyl groups is 6. The van der Waals surface area contributed by atoms with Gasteiger partial charge in [0.15, 0.2) is 0 Å². The smallest absolute Gasteiger partial charge is 0.328 e. The van der Waals surface area contributed by atoms with Crippen molar-refractivity contribution in [3.8, 4) is 0 Å². The van der Waals surface area contributed by atoms with Crippen molar-refractivity contribution in [1.29, 1.82) is 0 Å². The van der Waals surface area contributed by atoms with Crippen LogP contribution in [-0.2, 0) is 25.5 Å². The Balaban J connectivity index is 0.000000728. The number of carboxylic acid groups (broad SMARTS) is 1. The molecule has 0 fully saturated rings. The molecule has 1 rings (SSSR count). The van der Waals surface area contributed by atoms with Crippen LogP contribution >= 0.6 is 0 Å². The largest absolute Gasteiger partial charge is 0.481 e. The number of hydrogen-bond acceptors (Lipinski definition) is 11. The maximum atomic E-state index is 11.8. The van der Waals surface area contributed by atoms with Crippen molar-refractivity contribution in [3.05, 3.63) is 35.9 Å². The van der Waals surface area contributed by atoms with Crippen LogP contribution < -0.4 is 11.1 Å². The Morgan fingerprint density at radius 3 is 1.85 bits per heavy atom. The fourth-order valence-corrected chi connectivity index (χ4v) is 2.42. The third kappa shape index (κ3) is 11.7. The summed E-state index contributed by atoms with van der Waals surface area (Å²) >= 11 is 0. The van der Waals surface area contributed by atoms with E-state index in [2.05, 4.69) is 10.1 Å².